The van der Waals surface area contributed by atoms with Crippen LogP contribution in [-0.4, -0.2) is 52.7 Å². The Morgan fingerprint density at radius 1 is 1.17 bits per heavy atom. The molecule has 3 N–H and O–H groups in total. The number of rotatable bonds is 9. The predicted octanol–water partition coefficient (Wildman–Crippen LogP) is 3.56. The van der Waals surface area contributed by atoms with Gasteiger partial charge in [-0.1, -0.05) is 48.4 Å². The number of hydrogen-bond donors (Lipinski definition) is 3. The summed E-state index contributed by atoms with van der Waals surface area (Å²) in [5, 5.41) is 15.2. The smallest absolute Gasteiger partial charge is 0.408 e. The van der Waals surface area contributed by atoms with Crippen molar-refractivity contribution in [3.63, 3.8) is 0 Å². The Kier molecular flexibility index (Phi) is 9.83. The van der Waals surface area contributed by atoms with Crippen LogP contribution in [-0.2, 0) is 14.3 Å². The lowest BCUT2D eigenvalue weighted by Gasteiger charge is -2.34. The number of hydrogen-bond acceptors (Lipinski definition) is 5. The summed E-state index contributed by atoms with van der Waals surface area (Å²) in [6.07, 6.45) is 6.28. The maximum atomic E-state index is 13.7. The maximum Gasteiger partial charge on any atom is 0.408 e. The molecule has 2 rings (SSSR count). The van der Waals surface area contributed by atoms with E-state index >= 15 is 0 Å². The Balaban J connectivity index is 2.52. The fraction of sp³-hybridized carbons (Fsp3) is 0.321. The minimum absolute atomic E-state index is 0.0594. The number of ether oxygens (including phenoxy) is 1. The lowest BCUT2D eigenvalue weighted by atomic mass is 9.97. The van der Waals surface area contributed by atoms with Crippen LogP contribution in [0.1, 0.15) is 43.5 Å². The number of amides is 3. The highest BCUT2D eigenvalue weighted by atomic mass is 16.6. The van der Waals surface area contributed by atoms with Gasteiger partial charge in [-0.25, -0.2) is 4.79 Å². The minimum atomic E-state index is -1.37. The molecular weight excluding hydrogens is 458 g/mol. The molecule has 8 heteroatoms. The van der Waals surface area contributed by atoms with Crippen LogP contribution < -0.4 is 10.6 Å². The highest BCUT2D eigenvalue weighted by molar-refractivity contribution is 5.99. The number of para-hydroxylation sites is 1. The summed E-state index contributed by atoms with van der Waals surface area (Å²) in [4.78, 5) is 40.9. The van der Waals surface area contributed by atoms with E-state index < -0.39 is 42.2 Å². The van der Waals surface area contributed by atoms with Gasteiger partial charge in [0.1, 0.15) is 17.7 Å². The number of benzene rings is 2. The molecule has 0 spiro atoms. The molecule has 2 aromatic carbocycles. The lowest BCUT2D eigenvalue weighted by Crippen LogP contribution is -2.54. The van der Waals surface area contributed by atoms with Gasteiger partial charge in [0.05, 0.1) is 6.61 Å². The third-order valence-electron chi connectivity index (χ3n) is 5.15. The monoisotopic (exact) mass is 491 g/mol. The number of anilines is 1. The standard InChI is InChI=1S/C28H33N3O5/c1-7-17-31(26(34)23(18-32)30-27(35)36-28(4,5)6)24(21-15-11-10-14-20(21)8-2)25(33)29-22-16-12-9-13-19(22)3/h2,7,9-16,23-24,32H,1,17-18H2,3-6H3,(H,29,33)(H,30,35). The van der Waals surface area contributed by atoms with Crippen molar-refractivity contribution in [3.8, 4) is 12.3 Å². The first-order valence-corrected chi connectivity index (χ1v) is 11.5. The number of aliphatic hydroxyl groups excluding tert-OH is 1. The second-order valence-corrected chi connectivity index (χ2v) is 9.10. The number of nitrogens with zero attached hydrogens (tertiary/aromatic N) is 1. The largest absolute Gasteiger partial charge is 0.444 e. The van der Waals surface area contributed by atoms with Crippen molar-refractivity contribution in [1.82, 2.24) is 10.2 Å². The molecule has 0 aliphatic carbocycles. The van der Waals surface area contributed by atoms with Gasteiger partial charge in [-0.15, -0.1) is 13.0 Å². The van der Waals surface area contributed by atoms with E-state index in [4.69, 9.17) is 11.2 Å². The Labute approximate surface area is 212 Å². The van der Waals surface area contributed by atoms with Crippen LogP contribution in [0, 0.1) is 19.3 Å². The van der Waals surface area contributed by atoms with Gasteiger partial charge in [-0.2, -0.15) is 0 Å². The van der Waals surface area contributed by atoms with Gasteiger partial charge in [0.25, 0.3) is 5.91 Å². The van der Waals surface area contributed by atoms with Gasteiger partial charge in [-0.3, -0.25) is 9.59 Å². The Morgan fingerprint density at radius 3 is 2.39 bits per heavy atom. The molecule has 8 nitrogen and oxygen atoms in total. The molecule has 0 bridgehead atoms. The fourth-order valence-electron chi connectivity index (χ4n) is 3.53. The third kappa shape index (κ3) is 7.45. The number of aliphatic hydroxyl groups is 1. The van der Waals surface area contributed by atoms with Crippen LogP contribution in [0.25, 0.3) is 0 Å². The van der Waals surface area contributed by atoms with Crippen molar-refractivity contribution in [1.29, 1.82) is 0 Å². The Bertz CT molecular complexity index is 1150. The molecule has 0 fully saturated rings. The molecule has 0 radical (unpaired) electrons. The molecular formula is C28H33N3O5. The number of carbonyl (C=O) groups is 3. The van der Waals surface area contributed by atoms with E-state index in [0.717, 1.165) is 5.56 Å². The number of terminal acetylenes is 1. The molecule has 0 saturated heterocycles. The second kappa shape index (κ2) is 12.6. The number of alkyl carbamates (subject to hydrolysis) is 1. The minimum Gasteiger partial charge on any atom is -0.444 e. The molecule has 0 saturated carbocycles. The van der Waals surface area contributed by atoms with Gasteiger partial charge in [0.2, 0.25) is 5.91 Å². The number of aryl methyl sites for hydroxylation is 1. The molecule has 0 aliphatic rings. The van der Waals surface area contributed by atoms with Gasteiger partial charge < -0.3 is 25.4 Å². The zero-order valence-electron chi connectivity index (χ0n) is 21.1. The zero-order valence-corrected chi connectivity index (χ0v) is 21.1. The van der Waals surface area contributed by atoms with Crippen molar-refractivity contribution in [2.24, 2.45) is 0 Å². The van der Waals surface area contributed by atoms with E-state index in [9.17, 15) is 19.5 Å². The van der Waals surface area contributed by atoms with Crippen molar-refractivity contribution in [2.45, 2.75) is 45.4 Å². The molecule has 2 aromatic rings. The Hall–Kier alpha value is -4.09. The molecule has 2 unspecified atom stereocenters. The summed E-state index contributed by atoms with van der Waals surface area (Å²) in [6.45, 7) is 9.81. The summed E-state index contributed by atoms with van der Waals surface area (Å²) < 4.78 is 5.22. The molecule has 36 heavy (non-hydrogen) atoms. The van der Waals surface area contributed by atoms with Gasteiger partial charge in [-0.05, 0) is 51.0 Å². The first kappa shape index (κ1) is 28.1. The summed E-state index contributed by atoms with van der Waals surface area (Å²) >= 11 is 0. The predicted molar refractivity (Wildman–Crippen MR) is 139 cm³/mol. The van der Waals surface area contributed by atoms with Crippen LogP contribution in [0.5, 0.6) is 0 Å². The van der Waals surface area contributed by atoms with Crippen LogP contribution in [0.4, 0.5) is 10.5 Å². The quantitative estimate of drug-likeness (QED) is 0.367. The average Bonchev–Trinajstić information content (AvgIpc) is 2.82. The topological polar surface area (TPSA) is 108 Å². The van der Waals surface area contributed by atoms with Crippen molar-refractivity contribution < 1.29 is 24.2 Å². The summed E-state index contributed by atoms with van der Waals surface area (Å²) in [6, 6.07) is 11.4. The van der Waals surface area contributed by atoms with E-state index in [1.807, 2.05) is 19.1 Å². The molecule has 0 aliphatic heterocycles. The van der Waals surface area contributed by atoms with Crippen LogP contribution in [0.15, 0.2) is 61.2 Å². The maximum absolute atomic E-state index is 13.7. The first-order chi connectivity index (χ1) is 17.0. The van der Waals surface area contributed by atoms with E-state index in [0.29, 0.717) is 16.8 Å². The molecule has 190 valence electrons. The van der Waals surface area contributed by atoms with Gasteiger partial charge in [0, 0.05) is 17.8 Å². The molecule has 2 atom stereocenters. The second-order valence-electron chi connectivity index (χ2n) is 9.10. The summed E-state index contributed by atoms with van der Waals surface area (Å²) in [5.41, 5.74) is 1.43. The Morgan fingerprint density at radius 2 is 1.81 bits per heavy atom. The van der Waals surface area contributed by atoms with Gasteiger partial charge >= 0.3 is 6.09 Å². The highest BCUT2D eigenvalue weighted by Gasteiger charge is 2.36. The number of carbonyl (C=O) groups excluding carboxylic acids is 3. The number of nitrogens with one attached hydrogen (secondary N) is 2. The van der Waals surface area contributed by atoms with Crippen LogP contribution in [0.3, 0.4) is 0 Å². The van der Waals surface area contributed by atoms with Crippen molar-refractivity contribution in [3.05, 3.63) is 77.9 Å². The summed E-state index contributed by atoms with van der Waals surface area (Å²) in [5.74, 6) is 1.33. The summed E-state index contributed by atoms with van der Waals surface area (Å²) in [7, 11) is 0. The van der Waals surface area contributed by atoms with E-state index in [1.165, 1.54) is 11.0 Å². The SMILES string of the molecule is C#Cc1ccccc1C(C(=O)Nc1ccccc1C)N(CC=C)C(=O)C(CO)NC(=O)OC(C)(C)C. The molecule has 0 heterocycles. The fourth-order valence-corrected chi connectivity index (χ4v) is 3.53. The van der Waals surface area contributed by atoms with Crippen molar-refractivity contribution in [2.75, 3.05) is 18.5 Å². The zero-order chi connectivity index (χ0) is 26.9. The van der Waals surface area contributed by atoms with Crippen LogP contribution >= 0.6 is 0 Å². The average molecular weight is 492 g/mol. The van der Waals surface area contributed by atoms with E-state index in [1.54, 1.807) is 57.2 Å². The normalized spacial score (nSPS) is 12.4. The molecule has 3 amide bonds. The van der Waals surface area contributed by atoms with Gasteiger partial charge in [0.15, 0.2) is 0 Å². The van der Waals surface area contributed by atoms with E-state index in [2.05, 4.69) is 23.1 Å². The van der Waals surface area contributed by atoms with E-state index in [-0.39, 0.29) is 6.54 Å². The molecule has 0 aromatic heterocycles. The highest BCUT2D eigenvalue weighted by Crippen LogP contribution is 2.27. The van der Waals surface area contributed by atoms with Crippen LogP contribution in [0.2, 0.25) is 0 Å². The van der Waals surface area contributed by atoms with Crippen molar-refractivity contribution >= 4 is 23.6 Å². The third-order valence-corrected chi connectivity index (χ3v) is 5.15. The first-order valence-electron chi connectivity index (χ1n) is 11.5. The lowest BCUT2D eigenvalue weighted by molar-refractivity contribution is -0.140.